The molecule has 1 saturated heterocycles. The van der Waals surface area contributed by atoms with Crippen LogP contribution in [0.3, 0.4) is 0 Å². The largest absolute Gasteiger partial charge is 0.309 e. The van der Waals surface area contributed by atoms with E-state index in [0.717, 1.165) is 57.4 Å². The molecule has 1 unspecified atom stereocenters. The summed E-state index contributed by atoms with van der Waals surface area (Å²) in [6.07, 6.45) is 10.2. The molecule has 11 heteroatoms. The third-order valence-corrected chi connectivity index (χ3v) is 10.4. The molecular formula is C28H42FN5O4S. The Kier molecular flexibility index (Phi) is 9.44. The lowest BCUT2D eigenvalue weighted by molar-refractivity contribution is -0.122. The van der Waals surface area contributed by atoms with Crippen LogP contribution in [0.5, 0.6) is 0 Å². The standard InChI is InChI=1S/C28H42FN5O4S/c1-4-39(37,38)34(28(36)25-17-19-10-8-9-13-23(19)33(25)3)24-15-14-20(16-22(24)29)26(30)32-27(35)18(2)31-21-11-6-5-7-12-21/h14-16,18-19,21,23,25,31H,4-13,17H2,1-3H3,(H2,30,32,35)/t18-,19+,23?,25-/m0/s1. The number of nitrogens with zero attached hydrogens (tertiary/aromatic N) is 2. The summed E-state index contributed by atoms with van der Waals surface area (Å²) in [4.78, 5) is 28.3. The molecule has 3 fully saturated rings. The first-order valence-electron chi connectivity index (χ1n) is 14.3. The number of amides is 2. The second kappa shape index (κ2) is 12.4. The van der Waals surface area contributed by atoms with Gasteiger partial charge < -0.3 is 10.6 Å². The number of carbonyl (C=O) groups is 2. The van der Waals surface area contributed by atoms with Crippen molar-refractivity contribution >= 4 is 33.4 Å². The fourth-order valence-electron chi connectivity index (χ4n) is 6.46. The average molecular weight is 564 g/mol. The number of amidine groups is 1. The number of benzene rings is 1. The van der Waals surface area contributed by atoms with Crippen molar-refractivity contribution in [2.75, 3.05) is 17.1 Å². The molecule has 4 rings (SSSR count). The monoisotopic (exact) mass is 563 g/mol. The van der Waals surface area contributed by atoms with Crippen molar-refractivity contribution in [1.82, 2.24) is 15.5 Å². The molecule has 1 aliphatic heterocycles. The van der Waals surface area contributed by atoms with Gasteiger partial charge in [0.15, 0.2) is 0 Å². The Balaban J connectivity index is 1.50. The molecule has 1 aromatic carbocycles. The van der Waals surface area contributed by atoms with Crippen molar-refractivity contribution in [3.8, 4) is 0 Å². The second-order valence-electron chi connectivity index (χ2n) is 11.3. The van der Waals surface area contributed by atoms with Crippen LogP contribution >= 0.6 is 0 Å². The topological polar surface area (TPSA) is 123 Å². The minimum atomic E-state index is -4.12. The van der Waals surface area contributed by atoms with E-state index in [4.69, 9.17) is 5.41 Å². The van der Waals surface area contributed by atoms with E-state index in [0.29, 0.717) is 16.6 Å². The Morgan fingerprint density at radius 3 is 2.44 bits per heavy atom. The zero-order chi connectivity index (χ0) is 28.3. The molecule has 2 amide bonds. The van der Waals surface area contributed by atoms with Gasteiger partial charge in [0.1, 0.15) is 11.7 Å². The smallest absolute Gasteiger partial charge is 0.258 e. The number of halogens is 1. The van der Waals surface area contributed by atoms with Crippen LogP contribution in [-0.2, 0) is 19.6 Å². The summed E-state index contributed by atoms with van der Waals surface area (Å²) < 4.78 is 42.3. The summed E-state index contributed by atoms with van der Waals surface area (Å²) in [6.45, 7) is 3.16. The van der Waals surface area contributed by atoms with Gasteiger partial charge in [-0.1, -0.05) is 32.1 Å². The van der Waals surface area contributed by atoms with Crippen molar-refractivity contribution in [2.24, 2.45) is 5.92 Å². The molecule has 9 nitrogen and oxygen atoms in total. The van der Waals surface area contributed by atoms with Crippen molar-refractivity contribution in [3.63, 3.8) is 0 Å². The fourth-order valence-corrected chi connectivity index (χ4v) is 7.56. The van der Waals surface area contributed by atoms with Crippen LogP contribution in [0.2, 0.25) is 0 Å². The first kappa shape index (κ1) is 29.6. The van der Waals surface area contributed by atoms with Crippen LogP contribution in [-0.4, -0.2) is 67.9 Å². The van der Waals surface area contributed by atoms with Crippen molar-refractivity contribution in [3.05, 3.63) is 29.6 Å². The highest BCUT2D eigenvalue weighted by Gasteiger charge is 2.46. The maximum Gasteiger partial charge on any atom is 0.258 e. The van der Waals surface area contributed by atoms with Crippen molar-refractivity contribution in [1.29, 1.82) is 5.41 Å². The van der Waals surface area contributed by atoms with Crippen LogP contribution in [0.1, 0.15) is 83.6 Å². The summed E-state index contributed by atoms with van der Waals surface area (Å²) in [5, 5.41) is 14.1. The third-order valence-electron chi connectivity index (χ3n) is 8.73. The molecule has 4 atom stereocenters. The molecule has 2 aliphatic carbocycles. The number of rotatable bonds is 8. The SMILES string of the molecule is CCS(=O)(=O)N(C(=O)[C@@H]1C[C@H]2CCCCC2N1C)c1ccc(C(=N)NC(=O)[C@H](C)NC2CCCCC2)cc1F. The summed E-state index contributed by atoms with van der Waals surface area (Å²) in [7, 11) is -2.27. The Hall–Kier alpha value is -2.37. The predicted octanol–water partition coefficient (Wildman–Crippen LogP) is 3.52. The lowest BCUT2D eigenvalue weighted by Gasteiger charge is -2.32. The Labute approximate surface area is 231 Å². The van der Waals surface area contributed by atoms with E-state index in [-0.39, 0.29) is 34.9 Å². The summed E-state index contributed by atoms with van der Waals surface area (Å²) in [5.41, 5.74) is -0.278. The van der Waals surface area contributed by atoms with E-state index >= 15 is 4.39 Å². The number of carbonyl (C=O) groups excluding carboxylic acids is 2. The predicted molar refractivity (Wildman–Crippen MR) is 150 cm³/mol. The highest BCUT2D eigenvalue weighted by atomic mass is 32.2. The molecule has 39 heavy (non-hydrogen) atoms. The molecule has 216 valence electrons. The van der Waals surface area contributed by atoms with Crippen LogP contribution in [0.25, 0.3) is 0 Å². The first-order chi connectivity index (χ1) is 18.5. The van der Waals surface area contributed by atoms with Crippen molar-refractivity contribution in [2.45, 2.75) is 102 Å². The van der Waals surface area contributed by atoms with E-state index in [1.165, 1.54) is 25.5 Å². The summed E-state index contributed by atoms with van der Waals surface area (Å²) in [6, 6.07) is 2.90. The van der Waals surface area contributed by atoms with Crippen molar-refractivity contribution < 1.29 is 22.4 Å². The molecule has 1 heterocycles. The van der Waals surface area contributed by atoms with Gasteiger partial charge in [0.05, 0.1) is 23.5 Å². The van der Waals surface area contributed by atoms with Gasteiger partial charge >= 0.3 is 0 Å². The number of hydrogen-bond donors (Lipinski definition) is 3. The normalized spacial score (nSPS) is 25.1. The van der Waals surface area contributed by atoms with Gasteiger partial charge in [0, 0.05) is 17.6 Å². The highest BCUT2D eigenvalue weighted by Crippen LogP contribution is 2.40. The minimum Gasteiger partial charge on any atom is -0.309 e. The van der Waals surface area contributed by atoms with E-state index in [1.807, 2.05) is 11.9 Å². The Morgan fingerprint density at radius 2 is 1.79 bits per heavy atom. The van der Waals surface area contributed by atoms with E-state index in [2.05, 4.69) is 10.6 Å². The molecular weight excluding hydrogens is 521 g/mol. The highest BCUT2D eigenvalue weighted by molar-refractivity contribution is 7.93. The number of anilines is 1. The summed E-state index contributed by atoms with van der Waals surface area (Å²) >= 11 is 0. The molecule has 0 aromatic heterocycles. The number of hydrogen-bond acceptors (Lipinski definition) is 7. The van der Waals surface area contributed by atoms with E-state index < -0.39 is 39.7 Å². The van der Waals surface area contributed by atoms with Crippen LogP contribution in [0.4, 0.5) is 10.1 Å². The molecule has 0 radical (unpaired) electrons. The van der Waals surface area contributed by atoms with Crippen LogP contribution in [0, 0.1) is 17.1 Å². The van der Waals surface area contributed by atoms with Gasteiger partial charge in [-0.15, -0.1) is 0 Å². The number of nitrogens with one attached hydrogen (secondary N) is 3. The molecule has 2 saturated carbocycles. The van der Waals surface area contributed by atoms with Crippen LogP contribution in [0.15, 0.2) is 18.2 Å². The van der Waals surface area contributed by atoms with Crippen LogP contribution < -0.4 is 14.9 Å². The minimum absolute atomic E-state index is 0.0831. The fraction of sp³-hybridized carbons (Fsp3) is 0.679. The summed E-state index contributed by atoms with van der Waals surface area (Å²) in [5.74, 6) is -2.31. The van der Waals surface area contributed by atoms with Gasteiger partial charge in [-0.05, 0) is 77.1 Å². The number of likely N-dealkylation sites (tertiary alicyclic amines) is 1. The quantitative estimate of drug-likeness (QED) is 0.329. The lowest BCUT2D eigenvalue weighted by atomic mass is 9.85. The van der Waals surface area contributed by atoms with Gasteiger partial charge in [-0.2, -0.15) is 0 Å². The lowest BCUT2D eigenvalue weighted by Crippen LogP contribution is -2.49. The van der Waals surface area contributed by atoms with Gasteiger partial charge in [-0.3, -0.25) is 19.9 Å². The molecule has 1 aromatic rings. The van der Waals surface area contributed by atoms with Gasteiger partial charge in [0.2, 0.25) is 15.9 Å². The van der Waals surface area contributed by atoms with E-state index in [9.17, 15) is 18.0 Å². The molecule has 0 bridgehead atoms. The average Bonchev–Trinajstić information content (AvgIpc) is 3.26. The Morgan fingerprint density at radius 1 is 1.13 bits per heavy atom. The van der Waals surface area contributed by atoms with E-state index in [1.54, 1.807) is 6.92 Å². The molecule has 3 aliphatic rings. The zero-order valence-electron chi connectivity index (χ0n) is 23.2. The number of fused-ring (bicyclic) bond motifs is 1. The number of sulfonamides is 1. The third kappa shape index (κ3) is 6.52. The maximum atomic E-state index is 15.5. The van der Waals surface area contributed by atoms with Gasteiger partial charge in [-0.25, -0.2) is 17.1 Å². The second-order valence-corrected chi connectivity index (χ2v) is 13.4. The molecule has 0 spiro atoms. The zero-order valence-corrected chi connectivity index (χ0v) is 24.0. The van der Waals surface area contributed by atoms with Gasteiger partial charge in [0.25, 0.3) is 5.91 Å². The maximum absolute atomic E-state index is 15.5. The number of likely N-dealkylation sites (N-methyl/N-ethyl adjacent to an activating group) is 1. The Bertz CT molecular complexity index is 1190. The molecule has 3 N–H and O–H groups in total. The first-order valence-corrected chi connectivity index (χ1v) is 15.9.